The third-order valence-electron chi connectivity index (χ3n) is 2.52. The van der Waals surface area contributed by atoms with Crippen LogP contribution in [0.25, 0.3) is 0 Å². The second-order valence-electron chi connectivity index (χ2n) is 4.87. The summed E-state index contributed by atoms with van der Waals surface area (Å²) in [7, 11) is 3.60. The Bertz CT molecular complexity index is 342. The van der Waals surface area contributed by atoms with E-state index in [1.54, 1.807) is 7.11 Å². The van der Waals surface area contributed by atoms with E-state index in [4.69, 9.17) is 4.74 Å². The van der Waals surface area contributed by atoms with Crippen LogP contribution in [0.1, 0.15) is 26.3 Å². The highest BCUT2D eigenvalue weighted by molar-refractivity contribution is 5.58. The maximum absolute atomic E-state index is 5.32. The summed E-state index contributed by atoms with van der Waals surface area (Å²) in [6.45, 7) is 7.34. The number of methoxy groups -OCH3 is 1. The van der Waals surface area contributed by atoms with Gasteiger partial charge < -0.3 is 15.4 Å². The van der Waals surface area contributed by atoms with Gasteiger partial charge in [-0.25, -0.2) is 0 Å². The van der Waals surface area contributed by atoms with Crippen molar-refractivity contribution in [3.8, 4) is 5.75 Å². The predicted molar refractivity (Wildman–Crippen MR) is 69.2 cm³/mol. The normalized spacial score (nSPS) is 11.3. The molecule has 3 nitrogen and oxygen atoms in total. The van der Waals surface area contributed by atoms with Gasteiger partial charge in [0.05, 0.1) is 19.5 Å². The maximum atomic E-state index is 5.32. The zero-order valence-electron chi connectivity index (χ0n) is 10.8. The smallest absolute Gasteiger partial charge is 0.142 e. The molecule has 0 aliphatic heterocycles. The Kier molecular flexibility index (Phi) is 4.19. The molecule has 0 heterocycles. The largest absolute Gasteiger partial charge is 0.495 e. The fraction of sp³-hybridized carbons (Fsp3) is 0.538. The number of hydrogen-bond acceptors (Lipinski definition) is 3. The van der Waals surface area contributed by atoms with E-state index in [9.17, 15) is 0 Å². The number of nitrogens with one attached hydrogen (secondary N) is 2. The maximum Gasteiger partial charge on any atom is 0.142 e. The van der Waals surface area contributed by atoms with Crippen molar-refractivity contribution >= 4 is 5.69 Å². The van der Waals surface area contributed by atoms with Crippen molar-refractivity contribution in [2.45, 2.75) is 26.2 Å². The lowest BCUT2D eigenvalue weighted by atomic mass is 9.87. The van der Waals surface area contributed by atoms with Crippen molar-refractivity contribution in [3.05, 3.63) is 23.8 Å². The van der Waals surface area contributed by atoms with E-state index >= 15 is 0 Å². The number of ether oxygens (including phenoxy) is 1. The van der Waals surface area contributed by atoms with Gasteiger partial charge in [-0.3, -0.25) is 0 Å². The molecule has 0 spiro atoms. The van der Waals surface area contributed by atoms with Gasteiger partial charge in [-0.15, -0.1) is 0 Å². The van der Waals surface area contributed by atoms with Crippen LogP contribution in [0.3, 0.4) is 0 Å². The van der Waals surface area contributed by atoms with Crippen molar-refractivity contribution in [1.29, 1.82) is 0 Å². The lowest BCUT2D eigenvalue weighted by Gasteiger charge is -2.21. The summed E-state index contributed by atoms with van der Waals surface area (Å²) < 4.78 is 5.32. The monoisotopic (exact) mass is 222 g/mol. The molecular formula is C13H22N2O. The van der Waals surface area contributed by atoms with Crippen LogP contribution in [0, 0.1) is 0 Å². The van der Waals surface area contributed by atoms with E-state index in [-0.39, 0.29) is 5.41 Å². The minimum atomic E-state index is 0.155. The Morgan fingerprint density at radius 2 is 1.94 bits per heavy atom. The summed E-state index contributed by atoms with van der Waals surface area (Å²) >= 11 is 0. The molecule has 0 atom stereocenters. The SMILES string of the molecule is CNCNc1cc(C(C)(C)C)ccc1OC. The van der Waals surface area contributed by atoms with Crippen LogP contribution in [0.4, 0.5) is 5.69 Å². The number of rotatable bonds is 4. The molecule has 1 aromatic rings. The molecule has 0 fully saturated rings. The van der Waals surface area contributed by atoms with Gasteiger partial charge in [0.25, 0.3) is 0 Å². The van der Waals surface area contributed by atoms with E-state index < -0.39 is 0 Å². The fourth-order valence-corrected chi connectivity index (χ4v) is 1.50. The molecule has 1 aromatic carbocycles. The first kappa shape index (κ1) is 12.8. The summed E-state index contributed by atoms with van der Waals surface area (Å²) in [6.07, 6.45) is 0. The molecule has 0 amide bonds. The Morgan fingerprint density at radius 1 is 1.25 bits per heavy atom. The quantitative estimate of drug-likeness (QED) is 0.768. The molecule has 0 unspecified atom stereocenters. The first-order chi connectivity index (χ1) is 7.49. The molecule has 16 heavy (non-hydrogen) atoms. The Labute approximate surface area is 98.2 Å². The molecule has 0 aliphatic carbocycles. The standard InChI is InChI=1S/C13H22N2O/c1-13(2,3)10-6-7-12(16-5)11(8-10)15-9-14-4/h6-8,14-15H,9H2,1-5H3. The van der Waals surface area contributed by atoms with E-state index in [1.807, 2.05) is 13.1 Å². The van der Waals surface area contributed by atoms with Crippen molar-refractivity contribution in [1.82, 2.24) is 5.32 Å². The van der Waals surface area contributed by atoms with E-state index in [0.29, 0.717) is 0 Å². The molecule has 0 radical (unpaired) electrons. The van der Waals surface area contributed by atoms with Crippen LogP contribution >= 0.6 is 0 Å². The molecule has 0 saturated carbocycles. The lowest BCUT2D eigenvalue weighted by molar-refractivity contribution is 0.416. The minimum Gasteiger partial charge on any atom is -0.495 e. The van der Waals surface area contributed by atoms with E-state index in [0.717, 1.165) is 18.1 Å². The molecule has 0 aromatic heterocycles. The number of hydrogen-bond donors (Lipinski definition) is 2. The number of anilines is 1. The molecule has 3 heteroatoms. The van der Waals surface area contributed by atoms with Crippen LogP contribution in [0.5, 0.6) is 5.75 Å². The average Bonchev–Trinajstić information content (AvgIpc) is 2.24. The van der Waals surface area contributed by atoms with E-state index in [2.05, 4.69) is 43.5 Å². The second kappa shape index (κ2) is 5.21. The van der Waals surface area contributed by atoms with Crippen LogP contribution in [0.2, 0.25) is 0 Å². The van der Waals surface area contributed by atoms with Crippen LogP contribution in [-0.4, -0.2) is 20.8 Å². The average molecular weight is 222 g/mol. The highest BCUT2D eigenvalue weighted by Crippen LogP contribution is 2.31. The van der Waals surface area contributed by atoms with Gasteiger partial charge in [0.2, 0.25) is 0 Å². The minimum absolute atomic E-state index is 0.155. The molecule has 0 aliphatic rings. The Morgan fingerprint density at radius 3 is 2.44 bits per heavy atom. The Balaban J connectivity index is 3.01. The first-order valence-corrected chi connectivity index (χ1v) is 5.56. The summed E-state index contributed by atoms with van der Waals surface area (Å²) in [5.74, 6) is 0.878. The highest BCUT2D eigenvalue weighted by Gasteiger charge is 2.15. The second-order valence-corrected chi connectivity index (χ2v) is 4.87. The molecule has 0 bridgehead atoms. The lowest BCUT2D eigenvalue weighted by Crippen LogP contribution is -2.18. The first-order valence-electron chi connectivity index (χ1n) is 5.56. The summed E-state index contributed by atoms with van der Waals surface area (Å²) in [5, 5.41) is 6.35. The van der Waals surface area contributed by atoms with E-state index in [1.165, 1.54) is 5.56 Å². The third-order valence-corrected chi connectivity index (χ3v) is 2.52. The van der Waals surface area contributed by atoms with Crippen molar-refractivity contribution in [2.75, 3.05) is 26.1 Å². The van der Waals surface area contributed by atoms with Crippen molar-refractivity contribution in [3.63, 3.8) is 0 Å². The van der Waals surface area contributed by atoms with Gasteiger partial charge in [0.15, 0.2) is 0 Å². The Hall–Kier alpha value is -1.22. The molecular weight excluding hydrogens is 200 g/mol. The van der Waals surface area contributed by atoms with Gasteiger partial charge in [-0.1, -0.05) is 26.8 Å². The van der Waals surface area contributed by atoms with Crippen molar-refractivity contribution < 1.29 is 4.74 Å². The topological polar surface area (TPSA) is 33.3 Å². The van der Waals surface area contributed by atoms with Gasteiger partial charge >= 0.3 is 0 Å². The summed E-state index contributed by atoms with van der Waals surface area (Å²) in [4.78, 5) is 0. The summed E-state index contributed by atoms with van der Waals surface area (Å²) in [5.41, 5.74) is 2.48. The van der Waals surface area contributed by atoms with Gasteiger partial charge in [0, 0.05) is 0 Å². The molecule has 90 valence electrons. The third kappa shape index (κ3) is 3.14. The van der Waals surface area contributed by atoms with Crippen LogP contribution < -0.4 is 15.4 Å². The van der Waals surface area contributed by atoms with Crippen LogP contribution in [0.15, 0.2) is 18.2 Å². The highest BCUT2D eigenvalue weighted by atomic mass is 16.5. The summed E-state index contributed by atoms with van der Waals surface area (Å²) in [6, 6.07) is 6.28. The fourth-order valence-electron chi connectivity index (χ4n) is 1.50. The van der Waals surface area contributed by atoms with Crippen molar-refractivity contribution in [2.24, 2.45) is 0 Å². The predicted octanol–water partition coefficient (Wildman–Crippen LogP) is 2.58. The molecule has 2 N–H and O–H groups in total. The van der Waals surface area contributed by atoms with Gasteiger partial charge in [-0.2, -0.15) is 0 Å². The van der Waals surface area contributed by atoms with Gasteiger partial charge in [-0.05, 0) is 30.2 Å². The zero-order valence-corrected chi connectivity index (χ0v) is 10.8. The zero-order chi connectivity index (χ0) is 12.2. The van der Waals surface area contributed by atoms with Crippen LogP contribution in [-0.2, 0) is 5.41 Å². The molecule has 0 saturated heterocycles. The van der Waals surface area contributed by atoms with Gasteiger partial charge in [0.1, 0.15) is 5.75 Å². The number of benzene rings is 1. The molecule has 1 rings (SSSR count).